The Hall–Kier alpha value is -2.08. The van der Waals surface area contributed by atoms with Crippen molar-refractivity contribution < 1.29 is 19.4 Å². The maximum atomic E-state index is 11.5. The van der Waals surface area contributed by atoms with Crippen LogP contribution in [0.15, 0.2) is 18.2 Å². The molecule has 0 saturated heterocycles. The number of carbonyl (C=O) groups excluding carboxylic acids is 1. The summed E-state index contributed by atoms with van der Waals surface area (Å²) < 4.78 is 4.83. The predicted molar refractivity (Wildman–Crippen MR) is 76.1 cm³/mol. The average Bonchev–Trinajstić information content (AvgIpc) is 2.40. The summed E-state index contributed by atoms with van der Waals surface area (Å²) in [6.07, 6.45) is 0.351. The van der Waals surface area contributed by atoms with Crippen LogP contribution < -0.4 is 10.6 Å². The molecule has 0 bridgehead atoms. The van der Waals surface area contributed by atoms with Gasteiger partial charge in [-0.3, -0.25) is 4.79 Å². The van der Waals surface area contributed by atoms with Crippen LogP contribution in [0.2, 0.25) is 0 Å². The van der Waals surface area contributed by atoms with Gasteiger partial charge >= 0.3 is 5.97 Å². The molecule has 0 atom stereocenters. The summed E-state index contributed by atoms with van der Waals surface area (Å²) in [6, 6.07) is 4.85. The van der Waals surface area contributed by atoms with Crippen LogP contribution in [-0.2, 0) is 9.53 Å². The Balaban J connectivity index is 2.38. The van der Waals surface area contributed by atoms with Crippen LogP contribution in [-0.4, -0.2) is 43.8 Å². The minimum atomic E-state index is -0.947. The largest absolute Gasteiger partial charge is 0.478 e. The number of amides is 1. The summed E-state index contributed by atoms with van der Waals surface area (Å²) in [5, 5.41) is 14.7. The molecule has 20 heavy (non-hydrogen) atoms. The number of methoxy groups -OCH3 is 1. The maximum Gasteiger partial charge on any atom is 0.335 e. The van der Waals surface area contributed by atoms with Gasteiger partial charge in [-0.1, -0.05) is 0 Å². The molecule has 110 valence electrons. The van der Waals surface area contributed by atoms with E-state index in [1.165, 1.54) is 6.07 Å². The lowest BCUT2D eigenvalue weighted by Crippen LogP contribution is -2.28. The number of aryl methyl sites for hydroxylation is 1. The lowest BCUT2D eigenvalue weighted by molar-refractivity contribution is -0.121. The molecular weight excluding hydrogens is 260 g/mol. The SMILES string of the molecule is COCCNC(=O)CCNc1ccc(C(=O)O)cc1C. The third kappa shape index (κ3) is 5.27. The van der Waals surface area contributed by atoms with Gasteiger partial charge in [0.05, 0.1) is 12.2 Å². The first-order valence-corrected chi connectivity index (χ1v) is 6.38. The molecule has 0 aromatic heterocycles. The molecule has 0 radical (unpaired) electrons. The number of carboxylic acid groups (broad SMARTS) is 1. The highest BCUT2D eigenvalue weighted by molar-refractivity contribution is 5.88. The van der Waals surface area contributed by atoms with Gasteiger partial charge in [-0.25, -0.2) is 4.79 Å². The van der Waals surface area contributed by atoms with E-state index in [4.69, 9.17) is 9.84 Å². The van der Waals surface area contributed by atoms with E-state index in [0.717, 1.165) is 11.3 Å². The predicted octanol–water partition coefficient (Wildman–Crippen LogP) is 1.26. The quantitative estimate of drug-likeness (QED) is 0.624. The topological polar surface area (TPSA) is 87.7 Å². The van der Waals surface area contributed by atoms with Crippen molar-refractivity contribution >= 4 is 17.6 Å². The molecule has 0 unspecified atom stereocenters. The summed E-state index contributed by atoms with van der Waals surface area (Å²) in [6.45, 7) is 3.32. The molecule has 0 saturated carbocycles. The molecule has 1 amide bonds. The van der Waals surface area contributed by atoms with Crippen molar-refractivity contribution in [2.24, 2.45) is 0 Å². The van der Waals surface area contributed by atoms with Crippen molar-refractivity contribution in [3.8, 4) is 0 Å². The molecule has 6 nitrogen and oxygen atoms in total. The molecule has 1 rings (SSSR count). The van der Waals surface area contributed by atoms with Crippen molar-refractivity contribution in [3.63, 3.8) is 0 Å². The highest BCUT2D eigenvalue weighted by atomic mass is 16.5. The average molecular weight is 280 g/mol. The molecular formula is C14H20N2O4. The molecule has 0 heterocycles. The zero-order valence-electron chi connectivity index (χ0n) is 11.7. The molecule has 0 aliphatic rings. The van der Waals surface area contributed by atoms with Gasteiger partial charge in [0.15, 0.2) is 0 Å². The minimum Gasteiger partial charge on any atom is -0.478 e. The molecule has 1 aromatic carbocycles. The number of anilines is 1. The highest BCUT2D eigenvalue weighted by Crippen LogP contribution is 2.16. The van der Waals surface area contributed by atoms with E-state index in [-0.39, 0.29) is 11.5 Å². The van der Waals surface area contributed by atoms with E-state index in [0.29, 0.717) is 26.1 Å². The number of ether oxygens (including phenoxy) is 1. The van der Waals surface area contributed by atoms with Gasteiger partial charge < -0.3 is 20.5 Å². The van der Waals surface area contributed by atoms with Crippen LogP contribution in [0.25, 0.3) is 0 Å². The summed E-state index contributed by atoms with van der Waals surface area (Å²) in [4.78, 5) is 22.3. The van der Waals surface area contributed by atoms with Gasteiger partial charge in [0.1, 0.15) is 0 Å². The smallest absolute Gasteiger partial charge is 0.335 e. The molecule has 0 aliphatic heterocycles. The van der Waals surface area contributed by atoms with Gasteiger partial charge in [0, 0.05) is 32.3 Å². The Morgan fingerprint density at radius 3 is 2.65 bits per heavy atom. The van der Waals surface area contributed by atoms with Crippen LogP contribution >= 0.6 is 0 Å². The normalized spacial score (nSPS) is 10.1. The summed E-state index contributed by atoms with van der Waals surface area (Å²) >= 11 is 0. The van der Waals surface area contributed by atoms with E-state index in [2.05, 4.69) is 10.6 Å². The highest BCUT2D eigenvalue weighted by Gasteiger charge is 2.06. The van der Waals surface area contributed by atoms with Crippen LogP contribution in [0.3, 0.4) is 0 Å². The first-order chi connectivity index (χ1) is 9.54. The maximum absolute atomic E-state index is 11.5. The van der Waals surface area contributed by atoms with Gasteiger partial charge in [-0.05, 0) is 30.7 Å². The van der Waals surface area contributed by atoms with Gasteiger partial charge in [0.25, 0.3) is 0 Å². The van der Waals surface area contributed by atoms with E-state index < -0.39 is 5.97 Å². The first-order valence-electron chi connectivity index (χ1n) is 6.38. The van der Waals surface area contributed by atoms with Crippen molar-refractivity contribution in [2.75, 3.05) is 32.1 Å². The Morgan fingerprint density at radius 2 is 2.05 bits per heavy atom. The van der Waals surface area contributed by atoms with Crippen LogP contribution in [0.1, 0.15) is 22.3 Å². The molecule has 0 spiro atoms. The molecule has 1 aromatic rings. The molecule has 6 heteroatoms. The van der Waals surface area contributed by atoms with Crippen molar-refractivity contribution in [3.05, 3.63) is 29.3 Å². The molecule has 0 aliphatic carbocycles. The number of rotatable bonds is 8. The fraction of sp³-hybridized carbons (Fsp3) is 0.429. The Labute approximate surface area is 118 Å². The van der Waals surface area contributed by atoms with Crippen molar-refractivity contribution in [1.29, 1.82) is 0 Å². The van der Waals surface area contributed by atoms with Crippen LogP contribution in [0.4, 0.5) is 5.69 Å². The number of hydrogen-bond donors (Lipinski definition) is 3. The Morgan fingerprint density at radius 1 is 1.30 bits per heavy atom. The summed E-state index contributed by atoms with van der Waals surface area (Å²) in [5.41, 5.74) is 1.93. The summed E-state index contributed by atoms with van der Waals surface area (Å²) in [7, 11) is 1.58. The Bertz CT molecular complexity index is 474. The fourth-order valence-corrected chi connectivity index (χ4v) is 1.69. The second kappa shape index (κ2) is 8.16. The van der Waals surface area contributed by atoms with Crippen molar-refractivity contribution in [2.45, 2.75) is 13.3 Å². The number of carbonyl (C=O) groups is 2. The lowest BCUT2D eigenvalue weighted by atomic mass is 10.1. The third-order valence-electron chi connectivity index (χ3n) is 2.77. The van der Waals surface area contributed by atoms with E-state index in [1.807, 2.05) is 6.92 Å². The van der Waals surface area contributed by atoms with E-state index >= 15 is 0 Å². The number of hydrogen-bond acceptors (Lipinski definition) is 4. The van der Waals surface area contributed by atoms with Crippen molar-refractivity contribution in [1.82, 2.24) is 5.32 Å². The first kappa shape index (κ1) is 16.0. The van der Waals surface area contributed by atoms with Gasteiger partial charge in [0.2, 0.25) is 5.91 Å². The second-order valence-electron chi connectivity index (χ2n) is 4.35. The number of benzene rings is 1. The van der Waals surface area contributed by atoms with Crippen LogP contribution in [0, 0.1) is 6.92 Å². The molecule has 0 fully saturated rings. The second-order valence-corrected chi connectivity index (χ2v) is 4.35. The Kier molecular flexibility index (Phi) is 6.52. The lowest BCUT2D eigenvalue weighted by Gasteiger charge is -2.10. The van der Waals surface area contributed by atoms with Gasteiger partial charge in [-0.15, -0.1) is 0 Å². The fourth-order valence-electron chi connectivity index (χ4n) is 1.69. The number of aromatic carboxylic acids is 1. The van der Waals surface area contributed by atoms with Gasteiger partial charge in [-0.2, -0.15) is 0 Å². The standard InChI is InChI=1S/C14H20N2O4/c1-10-9-11(14(18)19)3-4-12(10)15-6-5-13(17)16-7-8-20-2/h3-4,9,15H,5-8H2,1-2H3,(H,16,17)(H,18,19). The van der Waals surface area contributed by atoms with Crippen LogP contribution in [0.5, 0.6) is 0 Å². The third-order valence-corrected chi connectivity index (χ3v) is 2.77. The molecule has 3 N–H and O–H groups in total. The van der Waals surface area contributed by atoms with E-state index in [9.17, 15) is 9.59 Å². The zero-order valence-corrected chi connectivity index (χ0v) is 11.7. The number of nitrogens with one attached hydrogen (secondary N) is 2. The monoisotopic (exact) mass is 280 g/mol. The summed E-state index contributed by atoms with van der Waals surface area (Å²) in [5.74, 6) is -0.994. The zero-order chi connectivity index (χ0) is 15.0. The minimum absolute atomic E-state index is 0.0469. The number of carboxylic acids is 1. The van der Waals surface area contributed by atoms with E-state index in [1.54, 1.807) is 19.2 Å².